The Morgan fingerprint density at radius 3 is 2.56 bits per heavy atom. The largest absolute Gasteiger partial charge is 0.358 e. The molecule has 2 aromatic carbocycles. The minimum Gasteiger partial charge on any atom is -0.358 e. The Morgan fingerprint density at radius 2 is 1.78 bits per heavy atom. The molecule has 1 heterocycles. The third-order valence-corrected chi connectivity index (χ3v) is 3.44. The minimum atomic E-state index is -0.195. The van der Waals surface area contributed by atoms with Crippen molar-refractivity contribution < 1.29 is 4.39 Å². The SMILES string of the molecule is Fc1ccc(Cc2cc3ccc(Br)cc3[nH]2)cc1. The van der Waals surface area contributed by atoms with Crippen LogP contribution in [-0.4, -0.2) is 4.98 Å². The van der Waals surface area contributed by atoms with Crippen molar-refractivity contribution in [1.82, 2.24) is 4.98 Å². The van der Waals surface area contributed by atoms with Crippen molar-refractivity contribution >= 4 is 26.8 Å². The lowest BCUT2D eigenvalue weighted by Gasteiger charge is -1.98. The smallest absolute Gasteiger partial charge is 0.123 e. The molecule has 0 aliphatic rings. The molecule has 3 aromatic rings. The van der Waals surface area contributed by atoms with Gasteiger partial charge in [0.15, 0.2) is 0 Å². The highest BCUT2D eigenvalue weighted by molar-refractivity contribution is 9.10. The molecule has 0 radical (unpaired) electrons. The summed E-state index contributed by atoms with van der Waals surface area (Å²) in [5.74, 6) is -0.195. The third kappa shape index (κ3) is 2.31. The number of fused-ring (bicyclic) bond motifs is 1. The molecular formula is C15H11BrFN. The number of aromatic amines is 1. The van der Waals surface area contributed by atoms with Gasteiger partial charge in [0, 0.05) is 22.1 Å². The van der Waals surface area contributed by atoms with Gasteiger partial charge in [-0.3, -0.25) is 0 Å². The third-order valence-electron chi connectivity index (χ3n) is 2.95. The van der Waals surface area contributed by atoms with Crippen molar-refractivity contribution in [3.8, 4) is 0 Å². The van der Waals surface area contributed by atoms with E-state index in [0.29, 0.717) is 0 Å². The Morgan fingerprint density at radius 1 is 1.00 bits per heavy atom. The van der Waals surface area contributed by atoms with Gasteiger partial charge in [0.25, 0.3) is 0 Å². The number of halogens is 2. The summed E-state index contributed by atoms with van der Waals surface area (Å²) >= 11 is 3.45. The maximum Gasteiger partial charge on any atom is 0.123 e. The van der Waals surface area contributed by atoms with Gasteiger partial charge in [-0.1, -0.05) is 34.1 Å². The van der Waals surface area contributed by atoms with Crippen LogP contribution in [0.25, 0.3) is 10.9 Å². The van der Waals surface area contributed by atoms with E-state index in [2.05, 4.69) is 39.1 Å². The first kappa shape index (κ1) is 11.5. The minimum absolute atomic E-state index is 0.195. The second kappa shape index (κ2) is 4.58. The number of H-pyrrole nitrogens is 1. The van der Waals surface area contributed by atoms with Crippen LogP contribution in [0.3, 0.4) is 0 Å². The van der Waals surface area contributed by atoms with E-state index in [0.717, 1.165) is 27.7 Å². The summed E-state index contributed by atoms with van der Waals surface area (Å²) in [6, 6.07) is 14.9. The van der Waals surface area contributed by atoms with Crippen LogP contribution in [0.4, 0.5) is 4.39 Å². The van der Waals surface area contributed by atoms with E-state index in [1.807, 2.05) is 18.2 Å². The quantitative estimate of drug-likeness (QED) is 0.708. The fraction of sp³-hybridized carbons (Fsp3) is 0.0667. The molecule has 0 saturated carbocycles. The molecule has 0 aliphatic heterocycles. The van der Waals surface area contributed by atoms with Gasteiger partial charge in [-0.05, 0) is 41.3 Å². The molecule has 1 aromatic heterocycles. The molecule has 0 aliphatic carbocycles. The number of nitrogens with one attached hydrogen (secondary N) is 1. The van der Waals surface area contributed by atoms with Crippen molar-refractivity contribution in [3.63, 3.8) is 0 Å². The van der Waals surface area contributed by atoms with E-state index in [1.165, 1.54) is 17.5 Å². The van der Waals surface area contributed by atoms with Crippen LogP contribution in [0.1, 0.15) is 11.3 Å². The van der Waals surface area contributed by atoms with Crippen molar-refractivity contribution in [2.75, 3.05) is 0 Å². The number of hydrogen-bond acceptors (Lipinski definition) is 0. The summed E-state index contributed by atoms with van der Waals surface area (Å²) in [4.78, 5) is 3.38. The maximum absolute atomic E-state index is 12.8. The van der Waals surface area contributed by atoms with Gasteiger partial charge in [-0.2, -0.15) is 0 Å². The first-order valence-corrected chi connectivity index (χ1v) is 6.51. The topological polar surface area (TPSA) is 15.8 Å². The monoisotopic (exact) mass is 303 g/mol. The summed E-state index contributed by atoms with van der Waals surface area (Å²) in [5, 5.41) is 1.19. The van der Waals surface area contributed by atoms with Crippen molar-refractivity contribution in [1.29, 1.82) is 0 Å². The molecule has 0 bridgehead atoms. The van der Waals surface area contributed by atoms with Crippen LogP contribution < -0.4 is 0 Å². The lowest BCUT2D eigenvalue weighted by Crippen LogP contribution is -1.87. The molecule has 1 N–H and O–H groups in total. The molecule has 0 fully saturated rings. The predicted octanol–water partition coefficient (Wildman–Crippen LogP) is 4.66. The van der Waals surface area contributed by atoms with Gasteiger partial charge in [0.2, 0.25) is 0 Å². The standard InChI is InChI=1S/C15H11BrFN/c16-12-4-3-11-8-14(18-15(11)9-12)7-10-1-5-13(17)6-2-10/h1-6,8-9,18H,7H2. The lowest BCUT2D eigenvalue weighted by atomic mass is 10.1. The van der Waals surface area contributed by atoms with Gasteiger partial charge < -0.3 is 4.98 Å². The Bertz CT molecular complexity index is 685. The van der Waals surface area contributed by atoms with Crippen LogP contribution >= 0.6 is 15.9 Å². The molecule has 90 valence electrons. The summed E-state index contributed by atoms with van der Waals surface area (Å²) in [5.41, 5.74) is 3.35. The molecule has 1 nitrogen and oxygen atoms in total. The number of benzene rings is 2. The summed E-state index contributed by atoms with van der Waals surface area (Å²) < 4.78 is 13.9. The van der Waals surface area contributed by atoms with E-state index in [4.69, 9.17) is 0 Å². The van der Waals surface area contributed by atoms with E-state index in [9.17, 15) is 4.39 Å². The second-order valence-electron chi connectivity index (χ2n) is 4.33. The van der Waals surface area contributed by atoms with Gasteiger partial charge in [0.05, 0.1) is 0 Å². The fourth-order valence-corrected chi connectivity index (χ4v) is 2.44. The molecule has 3 heteroatoms. The van der Waals surface area contributed by atoms with Crippen LogP contribution in [0.15, 0.2) is 53.0 Å². The van der Waals surface area contributed by atoms with Crippen LogP contribution in [0.2, 0.25) is 0 Å². The highest BCUT2D eigenvalue weighted by atomic mass is 79.9. The van der Waals surface area contributed by atoms with Gasteiger partial charge in [-0.25, -0.2) is 4.39 Å². The molecule has 0 saturated heterocycles. The van der Waals surface area contributed by atoms with E-state index in [-0.39, 0.29) is 5.82 Å². The lowest BCUT2D eigenvalue weighted by molar-refractivity contribution is 0.627. The first-order chi connectivity index (χ1) is 8.70. The van der Waals surface area contributed by atoms with Gasteiger partial charge in [0.1, 0.15) is 5.82 Å². The predicted molar refractivity (Wildman–Crippen MR) is 75.2 cm³/mol. The molecule has 3 rings (SSSR count). The molecule has 0 spiro atoms. The van der Waals surface area contributed by atoms with Crippen molar-refractivity contribution in [3.05, 3.63) is 70.1 Å². The number of rotatable bonds is 2. The van der Waals surface area contributed by atoms with E-state index >= 15 is 0 Å². The van der Waals surface area contributed by atoms with Crippen molar-refractivity contribution in [2.24, 2.45) is 0 Å². The van der Waals surface area contributed by atoms with Crippen LogP contribution in [0.5, 0.6) is 0 Å². The average Bonchev–Trinajstić information content (AvgIpc) is 2.73. The molecule has 0 amide bonds. The highest BCUT2D eigenvalue weighted by Gasteiger charge is 2.02. The average molecular weight is 304 g/mol. The zero-order chi connectivity index (χ0) is 12.5. The van der Waals surface area contributed by atoms with E-state index < -0.39 is 0 Å². The van der Waals surface area contributed by atoms with Gasteiger partial charge >= 0.3 is 0 Å². The van der Waals surface area contributed by atoms with E-state index in [1.54, 1.807) is 0 Å². The molecule has 0 unspecified atom stereocenters. The zero-order valence-corrected chi connectivity index (χ0v) is 11.2. The summed E-state index contributed by atoms with van der Waals surface area (Å²) in [6.45, 7) is 0. The number of aromatic nitrogens is 1. The highest BCUT2D eigenvalue weighted by Crippen LogP contribution is 2.21. The molecular weight excluding hydrogens is 293 g/mol. The maximum atomic E-state index is 12.8. The molecule has 0 atom stereocenters. The number of hydrogen-bond donors (Lipinski definition) is 1. The normalized spacial score (nSPS) is 11.0. The second-order valence-corrected chi connectivity index (χ2v) is 5.25. The van der Waals surface area contributed by atoms with Crippen LogP contribution in [-0.2, 0) is 6.42 Å². The Balaban J connectivity index is 1.92. The Hall–Kier alpha value is -1.61. The zero-order valence-electron chi connectivity index (χ0n) is 9.58. The molecule has 18 heavy (non-hydrogen) atoms. The Kier molecular flexibility index (Phi) is 2.92. The summed E-state index contributed by atoms with van der Waals surface area (Å²) in [6.07, 6.45) is 0.784. The fourth-order valence-electron chi connectivity index (χ4n) is 2.08. The van der Waals surface area contributed by atoms with Crippen molar-refractivity contribution in [2.45, 2.75) is 6.42 Å². The Labute approximate surface area is 113 Å². The van der Waals surface area contributed by atoms with Gasteiger partial charge in [-0.15, -0.1) is 0 Å². The first-order valence-electron chi connectivity index (χ1n) is 5.72. The van der Waals surface area contributed by atoms with Crippen LogP contribution in [0, 0.1) is 5.82 Å². The summed E-state index contributed by atoms with van der Waals surface area (Å²) in [7, 11) is 0.